The normalized spacial score (nSPS) is 16.4. The number of ether oxygens (including phenoxy) is 1. The fourth-order valence-electron chi connectivity index (χ4n) is 3.42. The maximum Gasteiger partial charge on any atom is 0.325 e. The van der Waals surface area contributed by atoms with Crippen LogP contribution in [0.2, 0.25) is 0 Å². The van der Waals surface area contributed by atoms with Gasteiger partial charge in [0.15, 0.2) is 5.69 Å². The summed E-state index contributed by atoms with van der Waals surface area (Å²) in [6.07, 6.45) is 1.77. The van der Waals surface area contributed by atoms with E-state index in [0.717, 1.165) is 40.8 Å². The lowest BCUT2D eigenvalue weighted by Gasteiger charge is -2.32. The highest BCUT2D eigenvalue weighted by Crippen LogP contribution is 2.29. The molecule has 28 heavy (non-hydrogen) atoms. The first-order valence-corrected chi connectivity index (χ1v) is 10.0. The summed E-state index contributed by atoms with van der Waals surface area (Å²) in [5.74, 6) is -0.582. The van der Waals surface area contributed by atoms with Gasteiger partial charge in [-0.2, -0.15) is 5.10 Å². The smallest absolute Gasteiger partial charge is 0.325 e. The number of hydrogen-bond donors (Lipinski definition) is 2. The number of hydrogen-bond acceptors (Lipinski definition) is 5. The quantitative estimate of drug-likeness (QED) is 0.682. The fraction of sp³-hybridized carbons (Fsp3) is 0.450. The number of aromatic nitrogens is 2. The minimum absolute atomic E-state index is 0.0792. The molecular formula is C20H25BrN4O3. The maximum atomic E-state index is 12.7. The second kappa shape index (κ2) is 8.05. The summed E-state index contributed by atoms with van der Waals surface area (Å²) < 4.78 is 7.66. The van der Waals surface area contributed by atoms with Gasteiger partial charge in [0.25, 0.3) is 5.91 Å². The minimum atomic E-state index is -0.832. The van der Waals surface area contributed by atoms with Gasteiger partial charge in [-0.15, -0.1) is 0 Å². The van der Waals surface area contributed by atoms with E-state index in [1.807, 2.05) is 29.8 Å². The molecule has 1 amide bonds. The van der Waals surface area contributed by atoms with E-state index in [1.165, 1.54) is 7.11 Å². The number of carbonyl (C=O) groups is 2. The van der Waals surface area contributed by atoms with E-state index >= 15 is 0 Å². The molecule has 0 radical (unpaired) electrons. The number of methoxy groups -OCH3 is 1. The van der Waals surface area contributed by atoms with Gasteiger partial charge in [-0.05, 0) is 57.4 Å². The first-order valence-electron chi connectivity index (χ1n) is 9.23. The molecule has 1 aliphatic heterocycles. The van der Waals surface area contributed by atoms with E-state index in [9.17, 15) is 9.59 Å². The van der Waals surface area contributed by atoms with E-state index < -0.39 is 5.54 Å². The first kappa shape index (κ1) is 20.5. The molecule has 8 heteroatoms. The molecule has 150 valence electrons. The maximum absolute atomic E-state index is 12.7. The van der Waals surface area contributed by atoms with Crippen molar-refractivity contribution in [2.45, 2.75) is 51.7 Å². The number of carbonyl (C=O) groups excluding carboxylic acids is 2. The number of nitrogens with zero attached hydrogens (tertiary/aromatic N) is 2. The molecule has 0 aliphatic carbocycles. The Kier molecular flexibility index (Phi) is 5.90. The second-order valence-corrected chi connectivity index (χ2v) is 8.35. The average Bonchev–Trinajstić information content (AvgIpc) is 3.10. The highest BCUT2D eigenvalue weighted by atomic mass is 79.9. The van der Waals surface area contributed by atoms with Crippen LogP contribution >= 0.6 is 15.9 Å². The summed E-state index contributed by atoms with van der Waals surface area (Å²) in [6, 6.07) is 7.38. The first-order chi connectivity index (χ1) is 13.2. The lowest BCUT2D eigenvalue weighted by atomic mass is 9.98. The van der Waals surface area contributed by atoms with Crippen molar-refractivity contribution in [1.82, 2.24) is 15.1 Å². The van der Waals surface area contributed by atoms with Crippen molar-refractivity contribution < 1.29 is 14.3 Å². The van der Waals surface area contributed by atoms with Crippen LogP contribution in [0.1, 0.15) is 54.5 Å². The highest BCUT2D eigenvalue weighted by Gasteiger charge is 2.34. The molecule has 1 aromatic heterocycles. The Bertz CT molecular complexity index is 907. The molecule has 0 spiro atoms. The Morgan fingerprint density at radius 1 is 1.36 bits per heavy atom. The van der Waals surface area contributed by atoms with E-state index in [4.69, 9.17) is 4.74 Å². The SMILES string of the molecule is COC(=O)C(C)(C)N[C@H]1CCCn2nc(C(=O)Nc3cccc(Br)c3C)cc21. The van der Waals surface area contributed by atoms with Gasteiger partial charge in [-0.1, -0.05) is 22.0 Å². The third-order valence-corrected chi connectivity index (χ3v) is 5.87. The summed E-state index contributed by atoms with van der Waals surface area (Å²) in [4.78, 5) is 24.8. The highest BCUT2D eigenvalue weighted by molar-refractivity contribution is 9.10. The number of amides is 1. The van der Waals surface area contributed by atoms with Crippen LogP contribution in [-0.2, 0) is 16.1 Å². The number of halogens is 1. The molecule has 0 unspecified atom stereocenters. The van der Waals surface area contributed by atoms with Gasteiger partial charge in [0.05, 0.1) is 18.8 Å². The Morgan fingerprint density at radius 3 is 2.82 bits per heavy atom. The number of rotatable bonds is 5. The van der Waals surface area contributed by atoms with Crippen molar-refractivity contribution in [3.05, 3.63) is 45.7 Å². The van der Waals surface area contributed by atoms with Crippen molar-refractivity contribution in [3.63, 3.8) is 0 Å². The lowest BCUT2D eigenvalue weighted by Crippen LogP contribution is -2.50. The van der Waals surface area contributed by atoms with Gasteiger partial charge < -0.3 is 10.1 Å². The summed E-state index contributed by atoms with van der Waals surface area (Å²) in [6.45, 7) is 6.26. The van der Waals surface area contributed by atoms with Gasteiger partial charge in [-0.3, -0.25) is 19.6 Å². The van der Waals surface area contributed by atoms with E-state index in [0.29, 0.717) is 5.69 Å². The van der Waals surface area contributed by atoms with Crippen molar-refractivity contribution in [2.24, 2.45) is 0 Å². The molecule has 3 rings (SSSR count). The minimum Gasteiger partial charge on any atom is -0.468 e. The molecule has 7 nitrogen and oxygen atoms in total. The lowest BCUT2D eigenvalue weighted by molar-refractivity contribution is -0.147. The summed E-state index contributed by atoms with van der Waals surface area (Å²) in [5.41, 5.74) is 2.13. The fourth-order valence-corrected chi connectivity index (χ4v) is 3.79. The molecule has 1 atom stereocenters. The predicted octanol–water partition coefficient (Wildman–Crippen LogP) is 3.58. The molecule has 0 fully saturated rings. The zero-order valence-corrected chi connectivity index (χ0v) is 18.1. The zero-order valence-electron chi connectivity index (χ0n) is 16.5. The van der Waals surface area contributed by atoms with Crippen molar-refractivity contribution >= 4 is 33.5 Å². The Morgan fingerprint density at radius 2 is 2.11 bits per heavy atom. The molecule has 1 aliphatic rings. The number of esters is 1. The van der Waals surface area contributed by atoms with Crippen LogP contribution in [0.5, 0.6) is 0 Å². The van der Waals surface area contributed by atoms with Gasteiger partial charge in [0.2, 0.25) is 0 Å². The van der Waals surface area contributed by atoms with Crippen LogP contribution in [0.15, 0.2) is 28.7 Å². The van der Waals surface area contributed by atoms with Gasteiger partial charge in [-0.25, -0.2) is 0 Å². The summed E-state index contributed by atoms with van der Waals surface area (Å²) in [5, 5.41) is 10.8. The largest absolute Gasteiger partial charge is 0.468 e. The number of aryl methyl sites for hydroxylation is 1. The Balaban J connectivity index is 1.81. The molecular weight excluding hydrogens is 424 g/mol. The number of fused-ring (bicyclic) bond motifs is 1. The Labute approximate surface area is 173 Å². The molecule has 0 saturated heterocycles. The molecule has 0 saturated carbocycles. The molecule has 2 N–H and O–H groups in total. The number of anilines is 1. The van der Waals surface area contributed by atoms with Crippen molar-refractivity contribution in [2.75, 3.05) is 12.4 Å². The molecule has 0 bridgehead atoms. The summed E-state index contributed by atoms with van der Waals surface area (Å²) >= 11 is 3.47. The topological polar surface area (TPSA) is 85.2 Å². The average molecular weight is 449 g/mol. The molecule has 2 aromatic rings. The van der Waals surface area contributed by atoms with E-state index in [2.05, 4.69) is 31.7 Å². The zero-order chi connectivity index (χ0) is 20.5. The van der Waals surface area contributed by atoms with E-state index in [1.54, 1.807) is 19.9 Å². The summed E-state index contributed by atoms with van der Waals surface area (Å²) in [7, 11) is 1.38. The van der Waals surface area contributed by atoms with Crippen LogP contribution in [-0.4, -0.2) is 34.3 Å². The number of benzene rings is 1. The standard InChI is InChI=1S/C20H25BrN4O3/c1-12-13(21)7-5-8-14(12)22-18(26)16-11-17-15(9-6-10-25(17)24-16)23-20(2,3)19(27)28-4/h5,7-8,11,15,23H,6,9-10H2,1-4H3,(H,22,26)/t15-/m0/s1. The van der Waals surface area contributed by atoms with Gasteiger partial charge in [0, 0.05) is 16.7 Å². The van der Waals surface area contributed by atoms with Gasteiger partial charge >= 0.3 is 5.97 Å². The van der Waals surface area contributed by atoms with Crippen LogP contribution in [0, 0.1) is 6.92 Å². The number of nitrogens with one attached hydrogen (secondary N) is 2. The van der Waals surface area contributed by atoms with Crippen LogP contribution in [0.3, 0.4) is 0 Å². The van der Waals surface area contributed by atoms with Crippen LogP contribution in [0.4, 0.5) is 5.69 Å². The predicted molar refractivity (Wildman–Crippen MR) is 110 cm³/mol. The molecule has 2 heterocycles. The monoisotopic (exact) mass is 448 g/mol. The van der Waals surface area contributed by atoms with Crippen LogP contribution < -0.4 is 10.6 Å². The third-order valence-electron chi connectivity index (χ3n) is 5.01. The van der Waals surface area contributed by atoms with Crippen molar-refractivity contribution in [3.8, 4) is 0 Å². The van der Waals surface area contributed by atoms with Gasteiger partial charge in [0.1, 0.15) is 5.54 Å². The van der Waals surface area contributed by atoms with Crippen LogP contribution in [0.25, 0.3) is 0 Å². The third kappa shape index (κ3) is 4.12. The molecule has 1 aromatic carbocycles. The van der Waals surface area contributed by atoms with E-state index in [-0.39, 0.29) is 17.9 Å². The van der Waals surface area contributed by atoms with Crippen molar-refractivity contribution in [1.29, 1.82) is 0 Å². The Hall–Kier alpha value is -2.19. The second-order valence-electron chi connectivity index (χ2n) is 7.50.